The number of halogens is 1. The molecule has 0 saturated heterocycles. The summed E-state index contributed by atoms with van der Waals surface area (Å²) < 4.78 is 34.8. The number of nitrogens with zero attached hydrogens (tertiary/aromatic N) is 2. The number of nitrogens with one attached hydrogen (secondary N) is 1. The summed E-state index contributed by atoms with van der Waals surface area (Å²) >= 11 is 6.32. The van der Waals surface area contributed by atoms with Crippen molar-refractivity contribution in [2.45, 2.75) is 75.9 Å². The van der Waals surface area contributed by atoms with Crippen LogP contribution in [0.1, 0.15) is 56.6 Å². The quantitative estimate of drug-likeness (QED) is 0.262. The van der Waals surface area contributed by atoms with Crippen LogP contribution in [-0.2, 0) is 26.2 Å². The zero-order valence-corrected chi connectivity index (χ0v) is 26.5. The van der Waals surface area contributed by atoms with Crippen LogP contribution in [0.15, 0.2) is 77.7 Å². The van der Waals surface area contributed by atoms with Gasteiger partial charge in [0.1, 0.15) is 18.3 Å². The van der Waals surface area contributed by atoms with Gasteiger partial charge < -0.3 is 15.0 Å². The first kappa shape index (κ1) is 32.4. The maximum atomic E-state index is 14.3. The third-order valence-electron chi connectivity index (χ3n) is 7.83. The Morgan fingerprint density at radius 1 is 1.00 bits per heavy atom. The Kier molecular flexibility index (Phi) is 11.1. The second-order valence-electron chi connectivity index (χ2n) is 10.9. The minimum absolute atomic E-state index is 0.0182. The Bertz CT molecular complexity index is 1490. The van der Waals surface area contributed by atoms with Crippen LogP contribution in [0.3, 0.4) is 0 Å². The monoisotopic (exact) mass is 625 g/mol. The lowest BCUT2D eigenvalue weighted by Gasteiger charge is -2.34. The summed E-state index contributed by atoms with van der Waals surface area (Å²) in [5.74, 6) is -0.510. The van der Waals surface area contributed by atoms with Crippen molar-refractivity contribution >= 4 is 39.1 Å². The molecule has 3 aromatic carbocycles. The fraction of sp³-hybridized carbons (Fsp3) is 0.394. The summed E-state index contributed by atoms with van der Waals surface area (Å²) in [5, 5.41) is 3.45. The summed E-state index contributed by atoms with van der Waals surface area (Å²) in [4.78, 5) is 29.5. The molecule has 0 aliphatic heterocycles. The molecule has 0 heterocycles. The highest BCUT2D eigenvalue weighted by atomic mass is 35.5. The van der Waals surface area contributed by atoms with Gasteiger partial charge in [-0.05, 0) is 62.1 Å². The third kappa shape index (κ3) is 8.09. The van der Waals surface area contributed by atoms with Crippen molar-refractivity contribution in [2.75, 3.05) is 18.0 Å². The van der Waals surface area contributed by atoms with Gasteiger partial charge in [0.25, 0.3) is 10.0 Å². The van der Waals surface area contributed by atoms with Crippen molar-refractivity contribution in [2.24, 2.45) is 0 Å². The summed E-state index contributed by atoms with van der Waals surface area (Å²) in [6, 6.07) is 19.7. The van der Waals surface area contributed by atoms with Gasteiger partial charge >= 0.3 is 0 Å². The van der Waals surface area contributed by atoms with Gasteiger partial charge in [-0.2, -0.15) is 0 Å². The van der Waals surface area contributed by atoms with Crippen molar-refractivity contribution in [1.82, 2.24) is 10.2 Å². The maximum Gasteiger partial charge on any atom is 0.264 e. The van der Waals surface area contributed by atoms with Gasteiger partial charge in [-0.25, -0.2) is 8.42 Å². The first-order valence-electron chi connectivity index (χ1n) is 14.7. The average Bonchev–Trinajstić information content (AvgIpc) is 3.00. The van der Waals surface area contributed by atoms with E-state index in [0.717, 1.165) is 47.5 Å². The molecule has 1 fully saturated rings. The van der Waals surface area contributed by atoms with Crippen LogP contribution >= 0.6 is 11.6 Å². The Hall–Kier alpha value is -3.56. The van der Waals surface area contributed by atoms with Gasteiger partial charge in [0.05, 0.1) is 17.7 Å². The molecule has 2 amide bonds. The van der Waals surface area contributed by atoms with Crippen molar-refractivity contribution < 1.29 is 22.7 Å². The number of anilines is 1. The van der Waals surface area contributed by atoms with E-state index in [2.05, 4.69) is 5.32 Å². The lowest BCUT2D eigenvalue weighted by Crippen LogP contribution is -2.54. The number of hydrogen-bond donors (Lipinski definition) is 1. The standard InChI is InChI=1S/C33H40ClN3O5S/c1-4-29(33(39)35-27-13-9-6-10-14-27)36(22-25-11-7-5-8-12-25)32(38)23-37(30-21-26(34)17-20-31(30)42-3)43(40,41)28-18-15-24(2)16-19-28/h5,7-8,11-12,15-21,27,29H,4,6,9-10,13-14,22-23H2,1-3H3,(H,35,39)/t29-/m1/s1. The maximum absolute atomic E-state index is 14.3. The molecule has 0 spiro atoms. The van der Waals surface area contributed by atoms with E-state index in [4.69, 9.17) is 16.3 Å². The number of benzene rings is 3. The van der Waals surface area contributed by atoms with Gasteiger partial charge in [0.2, 0.25) is 11.8 Å². The molecule has 0 unspecified atom stereocenters. The zero-order chi connectivity index (χ0) is 31.0. The molecule has 0 aromatic heterocycles. The van der Waals surface area contributed by atoms with Crippen molar-refractivity contribution in [1.29, 1.82) is 0 Å². The Morgan fingerprint density at radius 3 is 2.30 bits per heavy atom. The van der Waals surface area contributed by atoms with Crippen LogP contribution in [0.5, 0.6) is 5.75 Å². The number of sulfonamides is 1. The van der Waals surface area contributed by atoms with Gasteiger partial charge in [-0.15, -0.1) is 0 Å². The predicted octanol–water partition coefficient (Wildman–Crippen LogP) is 6.11. The van der Waals surface area contributed by atoms with Crippen molar-refractivity contribution in [3.63, 3.8) is 0 Å². The highest BCUT2D eigenvalue weighted by Crippen LogP contribution is 2.35. The highest BCUT2D eigenvalue weighted by Gasteiger charge is 2.35. The molecular formula is C33H40ClN3O5S. The number of aryl methyl sites for hydroxylation is 1. The van der Waals surface area contributed by atoms with E-state index >= 15 is 0 Å². The van der Waals surface area contributed by atoms with Crippen molar-refractivity contribution in [3.8, 4) is 5.75 Å². The normalized spacial score (nSPS) is 14.5. The summed E-state index contributed by atoms with van der Waals surface area (Å²) in [6.07, 6.45) is 5.45. The molecule has 4 rings (SSSR count). The van der Waals surface area contributed by atoms with Crippen molar-refractivity contribution in [3.05, 3.63) is 88.9 Å². The fourth-order valence-electron chi connectivity index (χ4n) is 5.45. The summed E-state index contributed by atoms with van der Waals surface area (Å²) in [6.45, 7) is 3.30. The topological polar surface area (TPSA) is 96.0 Å². The lowest BCUT2D eigenvalue weighted by molar-refractivity contribution is -0.140. The van der Waals surface area contributed by atoms with E-state index in [-0.39, 0.29) is 39.8 Å². The molecule has 8 nitrogen and oxygen atoms in total. The van der Waals surface area contributed by atoms with E-state index in [0.29, 0.717) is 6.42 Å². The predicted molar refractivity (Wildman–Crippen MR) is 170 cm³/mol. The smallest absolute Gasteiger partial charge is 0.264 e. The van der Waals surface area contributed by atoms with E-state index in [1.807, 2.05) is 44.2 Å². The molecular weight excluding hydrogens is 586 g/mol. The van der Waals surface area contributed by atoms with Crippen LogP contribution in [0.25, 0.3) is 0 Å². The second kappa shape index (κ2) is 14.8. The van der Waals surface area contributed by atoms with Crippen LogP contribution in [0.4, 0.5) is 5.69 Å². The van der Waals surface area contributed by atoms with E-state index in [1.54, 1.807) is 24.3 Å². The Balaban J connectivity index is 1.74. The minimum Gasteiger partial charge on any atom is -0.495 e. The number of methoxy groups -OCH3 is 1. The molecule has 1 N–H and O–H groups in total. The summed E-state index contributed by atoms with van der Waals surface area (Å²) in [7, 11) is -2.82. The number of amides is 2. The SMILES string of the molecule is CC[C@H](C(=O)NC1CCCCC1)N(Cc1ccccc1)C(=O)CN(c1cc(Cl)ccc1OC)S(=O)(=O)c1ccc(C)cc1. The van der Waals surface area contributed by atoms with Crippen LogP contribution in [-0.4, -0.2) is 50.9 Å². The first-order valence-corrected chi connectivity index (χ1v) is 16.5. The minimum atomic E-state index is -4.25. The molecule has 0 radical (unpaired) electrons. The number of ether oxygens (including phenoxy) is 1. The molecule has 43 heavy (non-hydrogen) atoms. The van der Waals surface area contributed by atoms with E-state index in [9.17, 15) is 18.0 Å². The van der Waals surface area contributed by atoms with Gasteiger partial charge in [0, 0.05) is 17.6 Å². The number of rotatable bonds is 12. The van der Waals surface area contributed by atoms with Gasteiger partial charge in [0.15, 0.2) is 0 Å². The average molecular weight is 626 g/mol. The van der Waals surface area contributed by atoms with Crippen LogP contribution in [0.2, 0.25) is 5.02 Å². The summed E-state index contributed by atoms with van der Waals surface area (Å²) in [5.41, 5.74) is 1.85. The molecule has 0 bridgehead atoms. The molecule has 230 valence electrons. The molecule has 10 heteroatoms. The second-order valence-corrected chi connectivity index (χ2v) is 13.2. The van der Waals surface area contributed by atoms with Crippen LogP contribution < -0.4 is 14.4 Å². The number of carbonyl (C=O) groups excluding carboxylic acids is 2. The molecule has 1 atom stereocenters. The van der Waals surface area contributed by atoms with Crippen LogP contribution in [0, 0.1) is 6.92 Å². The first-order chi connectivity index (χ1) is 20.6. The number of carbonyl (C=O) groups is 2. The lowest BCUT2D eigenvalue weighted by atomic mass is 9.95. The fourth-order valence-corrected chi connectivity index (χ4v) is 7.04. The van der Waals surface area contributed by atoms with Gasteiger partial charge in [-0.1, -0.05) is 85.8 Å². The molecule has 1 aliphatic rings. The Morgan fingerprint density at radius 2 is 1.67 bits per heavy atom. The number of hydrogen-bond acceptors (Lipinski definition) is 5. The highest BCUT2D eigenvalue weighted by molar-refractivity contribution is 7.92. The largest absolute Gasteiger partial charge is 0.495 e. The van der Waals surface area contributed by atoms with E-state index < -0.39 is 28.5 Å². The van der Waals surface area contributed by atoms with E-state index in [1.165, 1.54) is 30.2 Å². The zero-order valence-electron chi connectivity index (χ0n) is 25.0. The molecule has 3 aromatic rings. The molecule has 1 aliphatic carbocycles. The third-order valence-corrected chi connectivity index (χ3v) is 9.84. The van der Waals surface area contributed by atoms with Gasteiger partial charge in [-0.3, -0.25) is 13.9 Å². The molecule has 1 saturated carbocycles. The Labute approximate surface area is 260 Å².